The Bertz CT molecular complexity index is 647. The summed E-state index contributed by atoms with van der Waals surface area (Å²) in [7, 11) is 0. The van der Waals surface area contributed by atoms with Crippen LogP contribution in [0.2, 0.25) is 0 Å². The van der Waals surface area contributed by atoms with Gasteiger partial charge in [0.25, 0.3) is 0 Å². The van der Waals surface area contributed by atoms with Crippen molar-refractivity contribution in [2.45, 2.75) is 31.6 Å². The first-order valence-corrected chi connectivity index (χ1v) is 6.72. The van der Waals surface area contributed by atoms with Crippen molar-refractivity contribution in [2.24, 2.45) is 5.92 Å². The van der Waals surface area contributed by atoms with E-state index in [1.54, 1.807) is 0 Å². The molecule has 1 aromatic carbocycles. The van der Waals surface area contributed by atoms with Gasteiger partial charge in [0, 0.05) is 29.3 Å². The third kappa shape index (κ3) is 1.41. The molecule has 2 atom stereocenters. The number of pyridine rings is 1. The van der Waals surface area contributed by atoms with Crippen molar-refractivity contribution in [3.8, 4) is 0 Å². The van der Waals surface area contributed by atoms with Crippen molar-refractivity contribution in [2.75, 3.05) is 0 Å². The van der Waals surface area contributed by atoms with E-state index in [0.29, 0.717) is 11.7 Å². The van der Waals surface area contributed by atoms with Gasteiger partial charge in [-0.2, -0.15) is 0 Å². The van der Waals surface area contributed by atoms with E-state index in [1.165, 1.54) is 16.6 Å². The predicted molar refractivity (Wildman–Crippen MR) is 70.5 cm³/mol. The molecular formula is C16H15NO. The molecule has 0 N–H and O–H groups in total. The molecule has 2 bridgehead atoms. The minimum absolute atomic E-state index is 0.263. The summed E-state index contributed by atoms with van der Waals surface area (Å²) < 4.78 is 0. The average molecular weight is 237 g/mol. The van der Waals surface area contributed by atoms with Gasteiger partial charge in [0.2, 0.25) is 0 Å². The van der Waals surface area contributed by atoms with E-state index in [0.717, 1.165) is 31.2 Å². The monoisotopic (exact) mass is 237 g/mol. The Labute approximate surface area is 106 Å². The van der Waals surface area contributed by atoms with Gasteiger partial charge in [-0.1, -0.05) is 18.2 Å². The normalized spacial score (nSPS) is 26.1. The number of aromatic nitrogens is 1. The molecule has 1 fully saturated rings. The van der Waals surface area contributed by atoms with Crippen molar-refractivity contribution >= 4 is 16.7 Å². The zero-order valence-corrected chi connectivity index (χ0v) is 10.2. The number of Topliss-reactive ketones (excluding diaryl/α,β-unsaturated/α-hetero) is 1. The van der Waals surface area contributed by atoms with E-state index in [-0.39, 0.29) is 5.92 Å². The molecule has 2 nitrogen and oxygen atoms in total. The standard InChI is InChI=1S/C16H15NO/c18-15-6-5-11-8-12(15)9-13-7-10-3-1-2-4-14(10)17-16(11)13/h1-4,7,11-12H,5-6,8-9H2/t11-,12+/m0/s1. The average Bonchev–Trinajstić information content (AvgIpc) is 2.41. The van der Waals surface area contributed by atoms with Gasteiger partial charge in [0.15, 0.2) is 0 Å². The largest absolute Gasteiger partial charge is 0.299 e. The zero-order chi connectivity index (χ0) is 12.1. The third-order valence-electron chi connectivity index (χ3n) is 4.45. The number of hydrogen-bond acceptors (Lipinski definition) is 2. The molecule has 4 rings (SSSR count). The molecule has 2 aliphatic rings. The van der Waals surface area contributed by atoms with E-state index >= 15 is 0 Å². The summed E-state index contributed by atoms with van der Waals surface area (Å²) >= 11 is 0. The molecule has 0 aliphatic heterocycles. The number of hydrogen-bond donors (Lipinski definition) is 0. The Morgan fingerprint density at radius 2 is 2.06 bits per heavy atom. The van der Waals surface area contributed by atoms with Crippen LogP contribution in [0.15, 0.2) is 30.3 Å². The number of nitrogens with zero attached hydrogens (tertiary/aromatic N) is 1. The molecule has 2 aromatic rings. The Kier molecular flexibility index (Phi) is 2.07. The van der Waals surface area contributed by atoms with E-state index in [2.05, 4.69) is 18.2 Å². The predicted octanol–water partition coefficient (Wildman–Crippen LogP) is 3.24. The van der Waals surface area contributed by atoms with Crippen molar-refractivity contribution in [3.63, 3.8) is 0 Å². The molecular weight excluding hydrogens is 222 g/mol. The van der Waals surface area contributed by atoms with Crippen LogP contribution in [-0.2, 0) is 11.2 Å². The highest BCUT2D eigenvalue weighted by molar-refractivity contribution is 5.84. The summed E-state index contributed by atoms with van der Waals surface area (Å²) in [6.07, 6.45) is 3.68. The van der Waals surface area contributed by atoms with Gasteiger partial charge >= 0.3 is 0 Å². The van der Waals surface area contributed by atoms with Crippen LogP contribution in [0.3, 0.4) is 0 Å². The minimum atomic E-state index is 0.263. The van der Waals surface area contributed by atoms with Crippen molar-refractivity contribution in [1.29, 1.82) is 0 Å². The molecule has 2 heteroatoms. The second-order valence-electron chi connectivity index (χ2n) is 5.56. The molecule has 18 heavy (non-hydrogen) atoms. The number of carbonyl (C=O) groups is 1. The smallest absolute Gasteiger partial charge is 0.136 e. The second-order valence-corrected chi connectivity index (χ2v) is 5.56. The number of fused-ring (bicyclic) bond motifs is 5. The summed E-state index contributed by atoms with van der Waals surface area (Å²) in [6, 6.07) is 10.5. The molecule has 1 saturated carbocycles. The molecule has 2 aliphatic carbocycles. The summed E-state index contributed by atoms with van der Waals surface area (Å²) in [4.78, 5) is 16.7. The van der Waals surface area contributed by atoms with Crippen LogP contribution in [0.25, 0.3) is 10.9 Å². The lowest BCUT2D eigenvalue weighted by Crippen LogP contribution is -2.31. The third-order valence-corrected chi connectivity index (χ3v) is 4.45. The SMILES string of the molecule is O=C1CC[C@H]2C[C@@H]1Cc1cc3ccccc3nc12. The lowest BCUT2D eigenvalue weighted by Gasteiger charge is -2.34. The maximum atomic E-state index is 11.9. The van der Waals surface area contributed by atoms with Crippen LogP contribution >= 0.6 is 0 Å². The summed E-state index contributed by atoms with van der Waals surface area (Å²) in [6.45, 7) is 0. The molecule has 1 heterocycles. The number of para-hydroxylation sites is 1. The molecule has 0 unspecified atom stereocenters. The molecule has 90 valence electrons. The Balaban J connectivity index is 1.91. The van der Waals surface area contributed by atoms with E-state index < -0.39 is 0 Å². The Morgan fingerprint density at radius 3 is 3.00 bits per heavy atom. The van der Waals surface area contributed by atoms with Crippen LogP contribution in [0.4, 0.5) is 0 Å². The summed E-state index contributed by atoms with van der Waals surface area (Å²) in [5.41, 5.74) is 3.66. The van der Waals surface area contributed by atoms with Gasteiger partial charge in [-0.25, -0.2) is 0 Å². The lowest BCUT2D eigenvalue weighted by molar-refractivity contribution is -0.125. The molecule has 0 saturated heterocycles. The quantitative estimate of drug-likeness (QED) is 0.704. The van der Waals surface area contributed by atoms with E-state index in [1.807, 2.05) is 12.1 Å². The topological polar surface area (TPSA) is 30.0 Å². The van der Waals surface area contributed by atoms with E-state index in [9.17, 15) is 4.79 Å². The second kappa shape index (κ2) is 3.64. The number of benzene rings is 1. The number of rotatable bonds is 0. The van der Waals surface area contributed by atoms with Crippen molar-refractivity contribution < 1.29 is 4.79 Å². The Morgan fingerprint density at radius 1 is 1.17 bits per heavy atom. The lowest BCUT2D eigenvalue weighted by atomic mass is 9.70. The molecule has 0 radical (unpaired) electrons. The van der Waals surface area contributed by atoms with Gasteiger partial charge < -0.3 is 0 Å². The van der Waals surface area contributed by atoms with Crippen LogP contribution in [0.1, 0.15) is 36.4 Å². The fraction of sp³-hybridized carbons (Fsp3) is 0.375. The number of ketones is 1. The van der Waals surface area contributed by atoms with Gasteiger partial charge in [0.1, 0.15) is 5.78 Å². The first-order chi connectivity index (χ1) is 8.81. The molecule has 1 aromatic heterocycles. The minimum Gasteiger partial charge on any atom is -0.299 e. The fourth-order valence-electron chi connectivity index (χ4n) is 3.52. The first-order valence-electron chi connectivity index (χ1n) is 6.72. The van der Waals surface area contributed by atoms with Gasteiger partial charge in [-0.3, -0.25) is 9.78 Å². The first kappa shape index (κ1) is 10.2. The maximum absolute atomic E-state index is 11.9. The van der Waals surface area contributed by atoms with Gasteiger partial charge in [-0.05, 0) is 37.0 Å². The van der Waals surface area contributed by atoms with Gasteiger partial charge in [-0.15, -0.1) is 0 Å². The number of carbonyl (C=O) groups excluding carboxylic acids is 1. The highest BCUT2D eigenvalue weighted by Crippen LogP contribution is 2.42. The van der Waals surface area contributed by atoms with Crippen LogP contribution in [0, 0.1) is 5.92 Å². The highest BCUT2D eigenvalue weighted by Gasteiger charge is 2.36. The molecule has 0 amide bonds. The van der Waals surface area contributed by atoms with Crippen molar-refractivity contribution in [3.05, 3.63) is 41.6 Å². The highest BCUT2D eigenvalue weighted by atomic mass is 16.1. The maximum Gasteiger partial charge on any atom is 0.136 e. The van der Waals surface area contributed by atoms with Crippen LogP contribution in [-0.4, -0.2) is 10.8 Å². The fourth-order valence-corrected chi connectivity index (χ4v) is 3.52. The summed E-state index contributed by atoms with van der Waals surface area (Å²) in [5, 5.41) is 1.20. The van der Waals surface area contributed by atoms with Crippen LogP contribution < -0.4 is 0 Å². The van der Waals surface area contributed by atoms with Crippen LogP contribution in [0.5, 0.6) is 0 Å². The zero-order valence-electron chi connectivity index (χ0n) is 10.2. The Hall–Kier alpha value is -1.70. The van der Waals surface area contributed by atoms with Gasteiger partial charge in [0.05, 0.1) is 5.52 Å². The van der Waals surface area contributed by atoms with E-state index in [4.69, 9.17) is 4.98 Å². The van der Waals surface area contributed by atoms with Crippen molar-refractivity contribution in [1.82, 2.24) is 4.98 Å². The summed E-state index contributed by atoms with van der Waals surface area (Å²) in [5.74, 6) is 1.24. The molecule has 0 spiro atoms.